The Balaban J connectivity index is 1.41. The van der Waals surface area contributed by atoms with Gasteiger partial charge in [0.25, 0.3) is 0 Å². The molecular weight excluding hydrogens is 374 g/mol. The van der Waals surface area contributed by atoms with Crippen LogP contribution in [0.25, 0.3) is 10.9 Å². The van der Waals surface area contributed by atoms with E-state index in [9.17, 15) is 4.79 Å². The molecule has 4 aromatic rings. The van der Waals surface area contributed by atoms with E-state index in [0.717, 1.165) is 27.8 Å². The summed E-state index contributed by atoms with van der Waals surface area (Å²) in [6, 6.07) is 27.5. The Bertz CT molecular complexity index is 1140. The van der Waals surface area contributed by atoms with Crippen LogP contribution in [-0.4, -0.2) is 23.3 Å². The van der Waals surface area contributed by atoms with Crippen molar-refractivity contribution in [2.24, 2.45) is 5.10 Å². The number of nitrogens with zero attached hydrogens (tertiary/aromatic N) is 2. The highest BCUT2D eigenvalue weighted by atomic mass is 16.5. The van der Waals surface area contributed by atoms with Crippen LogP contribution in [0.5, 0.6) is 5.75 Å². The number of ether oxygens (including phenoxy) is 1. The third-order valence-electron chi connectivity index (χ3n) is 4.76. The highest BCUT2D eigenvalue weighted by molar-refractivity contribution is 5.99. The van der Waals surface area contributed by atoms with Crippen molar-refractivity contribution >= 4 is 23.0 Å². The summed E-state index contributed by atoms with van der Waals surface area (Å²) in [5.74, 6) is 0.717. The first-order valence-electron chi connectivity index (χ1n) is 9.91. The molecule has 0 saturated heterocycles. The number of carbonyl (C=O) groups is 1. The molecule has 1 aromatic heterocycles. The Labute approximate surface area is 175 Å². The molecule has 1 heterocycles. The number of benzene rings is 3. The molecule has 0 spiro atoms. The van der Waals surface area contributed by atoms with E-state index in [-0.39, 0.29) is 5.91 Å². The first-order chi connectivity index (χ1) is 14.8. The number of rotatable bonds is 8. The largest absolute Gasteiger partial charge is 0.492 e. The van der Waals surface area contributed by atoms with Gasteiger partial charge < -0.3 is 9.30 Å². The maximum Gasteiger partial charge on any atom is 0.244 e. The molecule has 0 aliphatic carbocycles. The minimum absolute atomic E-state index is 0.141. The lowest BCUT2D eigenvalue weighted by Crippen LogP contribution is -2.19. The van der Waals surface area contributed by atoms with E-state index >= 15 is 0 Å². The van der Waals surface area contributed by atoms with Crippen LogP contribution < -0.4 is 10.2 Å². The predicted octanol–water partition coefficient (Wildman–Crippen LogP) is 4.41. The SMILES string of the molecule is O=C(Cc1ccccc1)N/N=C/c1cn(CCOc2ccccc2)c2ccccc12. The lowest BCUT2D eigenvalue weighted by molar-refractivity contribution is -0.120. The average molecular weight is 397 g/mol. The minimum Gasteiger partial charge on any atom is -0.492 e. The molecule has 0 saturated carbocycles. The molecule has 0 radical (unpaired) electrons. The summed E-state index contributed by atoms with van der Waals surface area (Å²) in [6.07, 6.45) is 4.03. The third kappa shape index (κ3) is 4.94. The van der Waals surface area contributed by atoms with Crippen LogP contribution >= 0.6 is 0 Å². The summed E-state index contributed by atoms with van der Waals surface area (Å²) in [5.41, 5.74) is 5.63. The molecule has 1 amide bonds. The zero-order valence-corrected chi connectivity index (χ0v) is 16.6. The fourth-order valence-corrected chi connectivity index (χ4v) is 3.34. The fraction of sp³-hybridized carbons (Fsp3) is 0.120. The Kier molecular flexibility index (Phi) is 6.20. The highest BCUT2D eigenvalue weighted by Gasteiger charge is 2.07. The number of hydrogen-bond donors (Lipinski definition) is 1. The molecule has 0 aliphatic rings. The van der Waals surface area contributed by atoms with Gasteiger partial charge in [-0.1, -0.05) is 66.7 Å². The van der Waals surface area contributed by atoms with Gasteiger partial charge in [0, 0.05) is 22.7 Å². The lowest BCUT2D eigenvalue weighted by atomic mass is 10.1. The molecule has 0 aliphatic heterocycles. The topological polar surface area (TPSA) is 55.6 Å². The second-order valence-electron chi connectivity index (χ2n) is 6.91. The molecule has 1 N–H and O–H groups in total. The van der Waals surface area contributed by atoms with E-state index in [4.69, 9.17) is 4.74 Å². The monoisotopic (exact) mass is 397 g/mol. The minimum atomic E-state index is -0.141. The van der Waals surface area contributed by atoms with Crippen molar-refractivity contribution in [3.05, 3.63) is 102 Å². The van der Waals surface area contributed by atoms with E-state index in [2.05, 4.69) is 27.2 Å². The van der Waals surface area contributed by atoms with Crippen LogP contribution in [0, 0.1) is 0 Å². The van der Waals surface area contributed by atoms with Crippen molar-refractivity contribution in [1.82, 2.24) is 9.99 Å². The summed E-state index contributed by atoms with van der Waals surface area (Å²) >= 11 is 0. The summed E-state index contributed by atoms with van der Waals surface area (Å²) in [6.45, 7) is 1.27. The van der Waals surface area contributed by atoms with Gasteiger partial charge in [-0.05, 0) is 23.8 Å². The van der Waals surface area contributed by atoms with Crippen LogP contribution in [0.2, 0.25) is 0 Å². The van der Waals surface area contributed by atoms with Crippen molar-refractivity contribution in [3.63, 3.8) is 0 Å². The Morgan fingerprint density at radius 2 is 1.63 bits per heavy atom. The van der Waals surface area contributed by atoms with Gasteiger partial charge in [0.05, 0.1) is 19.2 Å². The number of hydrogen-bond acceptors (Lipinski definition) is 3. The first-order valence-corrected chi connectivity index (χ1v) is 9.91. The molecule has 0 fully saturated rings. The second kappa shape index (κ2) is 9.56. The molecular formula is C25H23N3O2. The number of fused-ring (bicyclic) bond motifs is 1. The summed E-state index contributed by atoms with van der Waals surface area (Å²) in [5, 5.41) is 5.24. The van der Waals surface area contributed by atoms with Gasteiger partial charge in [0.2, 0.25) is 5.91 Å². The van der Waals surface area contributed by atoms with Gasteiger partial charge in [-0.15, -0.1) is 0 Å². The Morgan fingerprint density at radius 1 is 0.933 bits per heavy atom. The molecule has 0 bridgehead atoms. The van der Waals surface area contributed by atoms with Crippen molar-refractivity contribution in [2.45, 2.75) is 13.0 Å². The fourth-order valence-electron chi connectivity index (χ4n) is 3.34. The van der Waals surface area contributed by atoms with Crippen LogP contribution in [0.3, 0.4) is 0 Å². The first kappa shape index (κ1) is 19.5. The molecule has 5 nitrogen and oxygen atoms in total. The van der Waals surface area contributed by atoms with Gasteiger partial charge in [-0.25, -0.2) is 5.43 Å². The third-order valence-corrected chi connectivity index (χ3v) is 4.76. The van der Waals surface area contributed by atoms with Gasteiger partial charge in [-0.2, -0.15) is 5.10 Å². The van der Waals surface area contributed by atoms with Crippen LogP contribution in [0.1, 0.15) is 11.1 Å². The van der Waals surface area contributed by atoms with Crippen molar-refractivity contribution in [1.29, 1.82) is 0 Å². The maximum absolute atomic E-state index is 12.1. The molecule has 0 atom stereocenters. The van der Waals surface area contributed by atoms with E-state index < -0.39 is 0 Å². The van der Waals surface area contributed by atoms with Crippen molar-refractivity contribution in [2.75, 3.05) is 6.61 Å². The standard InChI is InChI=1S/C25H23N3O2/c29-25(17-20-9-3-1-4-10-20)27-26-18-21-19-28(24-14-8-7-13-23(21)24)15-16-30-22-11-5-2-6-12-22/h1-14,18-19H,15-17H2,(H,27,29)/b26-18+. The van der Waals surface area contributed by atoms with E-state index in [1.54, 1.807) is 6.21 Å². The van der Waals surface area contributed by atoms with Gasteiger partial charge in [0.15, 0.2) is 0 Å². The number of carbonyl (C=O) groups excluding carboxylic acids is 1. The smallest absolute Gasteiger partial charge is 0.244 e. The second-order valence-corrected chi connectivity index (χ2v) is 6.91. The summed E-state index contributed by atoms with van der Waals surface area (Å²) < 4.78 is 7.97. The predicted molar refractivity (Wildman–Crippen MR) is 120 cm³/mol. The molecule has 30 heavy (non-hydrogen) atoms. The van der Waals surface area contributed by atoms with E-state index in [1.807, 2.05) is 79.0 Å². The Hall–Kier alpha value is -3.86. The quantitative estimate of drug-likeness (QED) is 0.354. The van der Waals surface area contributed by atoms with Gasteiger partial charge >= 0.3 is 0 Å². The zero-order valence-electron chi connectivity index (χ0n) is 16.6. The van der Waals surface area contributed by atoms with Crippen molar-refractivity contribution in [3.8, 4) is 5.75 Å². The van der Waals surface area contributed by atoms with E-state index in [1.165, 1.54) is 0 Å². The number of amides is 1. The lowest BCUT2D eigenvalue weighted by Gasteiger charge is -2.08. The molecule has 150 valence electrons. The molecule has 5 heteroatoms. The van der Waals surface area contributed by atoms with Crippen molar-refractivity contribution < 1.29 is 9.53 Å². The van der Waals surface area contributed by atoms with Crippen LogP contribution in [0.15, 0.2) is 96.2 Å². The average Bonchev–Trinajstić information content (AvgIpc) is 3.13. The van der Waals surface area contributed by atoms with E-state index in [0.29, 0.717) is 19.6 Å². The molecule has 0 unspecified atom stereocenters. The number of aromatic nitrogens is 1. The molecule has 3 aromatic carbocycles. The van der Waals surface area contributed by atoms with Crippen LogP contribution in [-0.2, 0) is 17.8 Å². The normalized spacial score (nSPS) is 11.1. The summed E-state index contributed by atoms with van der Waals surface area (Å²) in [7, 11) is 0. The Morgan fingerprint density at radius 3 is 2.43 bits per heavy atom. The van der Waals surface area contributed by atoms with Crippen LogP contribution in [0.4, 0.5) is 0 Å². The highest BCUT2D eigenvalue weighted by Crippen LogP contribution is 2.20. The van der Waals surface area contributed by atoms with Gasteiger partial charge in [0.1, 0.15) is 12.4 Å². The zero-order chi connectivity index (χ0) is 20.6. The number of hydrazone groups is 1. The molecule has 4 rings (SSSR count). The maximum atomic E-state index is 12.1. The number of nitrogens with one attached hydrogen (secondary N) is 1. The number of para-hydroxylation sites is 2. The van der Waals surface area contributed by atoms with Gasteiger partial charge in [-0.3, -0.25) is 4.79 Å². The summed E-state index contributed by atoms with van der Waals surface area (Å²) in [4.78, 5) is 12.1.